The van der Waals surface area contributed by atoms with Gasteiger partial charge in [-0.15, -0.1) is 12.6 Å². The molecule has 4 atom stereocenters. The molecule has 0 aromatic carbocycles. The summed E-state index contributed by atoms with van der Waals surface area (Å²) in [5.74, 6) is 0.343. The van der Waals surface area contributed by atoms with E-state index in [0.29, 0.717) is 5.92 Å². The van der Waals surface area contributed by atoms with Gasteiger partial charge in [0, 0.05) is 32.7 Å². The Hall–Kier alpha value is 2.14. The number of aliphatic hydroxyl groups is 1. The Balaban J connectivity index is -0.000000270. The topological polar surface area (TPSA) is 29.5 Å². The van der Waals surface area contributed by atoms with Crippen LogP contribution in [-0.4, -0.2) is 17.1 Å². The van der Waals surface area contributed by atoms with Gasteiger partial charge in [-0.05, 0) is 0 Å². The number of hydrogen-bond donors (Lipinski definition) is 1. The van der Waals surface area contributed by atoms with Crippen LogP contribution in [0.25, 0.3) is 0 Å². The fourth-order valence-corrected chi connectivity index (χ4v) is 1.23. The van der Waals surface area contributed by atoms with Crippen LogP contribution < -0.4 is 0 Å². The summed E-state index contributed by atoms with van der Waals surface area (Å²) < 4.78 is 4.88. The molecular formula is C7H14O2PWY-. The zero-order valence-electron chi connectivity index (χ0n) is 7.31. The Kier molecular flexibility index (Phi) is 15.9. The molecule has 0 saturated carbocycles. The maximum absolute atomic E-state index is 8.99. The Morgan fingerprint density at radius 1 is 1.50 bits per heavy atom. The van der Waals surface area contributed by atoms with Gasteiger partial charge in [0.1, 0.15) is 6.29 Å². The molecule has 1 radical (unpaired) electrons. The Morgan fingerprint density at radius 2 is 2.00 bits per heavy atom. The van der Waals surface area contributed by atoms with Gasteiger partial charge in [-0.3, -0.25) is 5.92 Å². The fourth-order valence-electron chi connectivity index (χ4n) is 0.786. The van der Waals surface area contributed by atoms with E-state index in [1.165, 1.54) is 0 Å². The molecular weight excluding hydrogens is 420 g/mol. The number of rotatable bonds is 0. The van der Waals surface area contributed by atoms with Crippen molar-refractivity contribution in [2.75, 3.05) is 0 Å². The zero-order valence-corrected chi connectivity index (χ0v) is 14.2. The maximum Gasteiger partial charge on any atom is 2.00 e. The van der Waals surface area contributed by atoms with E-state index in [-0.39, 0.29) is 66.9 Å². The minimum atomic E-state index is -0.661. The van der Waals surface area contributed by atoms with Gasteiger partial charge in [-0.1, -0.05) is 0 Å². The average Bonchev–Trinajstić information content (AvgIpc) is 1.80. The molecule has 0 aliphatic carbocycles. The summed E-state index contributed by atoms with van der Waals surface area (Å²) in [6.45, 7) is 3.66. The standard InChI is InChI=1S/C6H11O2P.CH3.W.Y/c1-4-2-5(9)6(7)8-3-4;;;/h2-7H,9H2,1H3;1H3;;/q-2;-1;+2;. The van der Waals surface area contributed by atoms with Crippen molar-refractivity contribution in [2.24, 2.45) is 5.92 Å². The summed E-state index contributed by atoms with van der Waals surface area (Å²) in [7, 11) is 2.52. The van der Waals surface area contributed by atoms with E-state index in [9.17, 15) is 0 Å². The summed E-state index contributed by atoms with van der Waals surface area (Å²) in [5.41, 5.74) is 0.0741. The fraction of sp³-hybridized carbons (Fsp3) is 0.571. The van der Waals surface area contributed by atoms with Gasteiger partial charge in [-0.25, -0.2) is 6.61 Å². The maximum atomic E-state index is 8.99. The van der Waals surface area contributed by atoms with Crippen molar-refractivity contribution in [3.63, 3.8) is 0 Å². The van der Waals surface area contributed by atoms with Gasteiger partial charge in [0.2, 0.25) is 0 Å². The van der Waals surface area contributed by atoms with Crippen LogP contribution in [0.4, 0.5) is 0 Å². The molecule has 1 fully saturated rings. The smallest absolute Gasteiger partial charge is 0.533 e. The minimum Gasteiger partial charge on any atom is -0.533 e. The second-order valence-corrected chi connectivity index (χ2v) is 3.06. The number of aliphatic hydroxyl groups excluding tert-OH is 1. The van der Waals surface area contributed by atoms with E-state index in [4.69, 9.17) is 9.84 Å². The first-order valence-corrected chi connectivity index (χ1v) is 3.64. The van der Waals surface area contributed by atoms with Crippen molar-refractivity contribution in [3.8, 4) is 0 Å². The van der Waals surface area contributed by atoms with E-state index in [1.54, 1.807) is 6.61 Å². The van der Waals surface area contributed by atoms with Crippen molar-refractivity contribution in [2.45, 2.75) is 18.9 Å². The quantitative estimate of drug-likeness (QED) is 0.457. The summed E-state index contributed by atoms with van der Waals surface area (Å²) in [6, 6.07) is 0. The molecule has 1 aliphatic heterocycles. The SMILES string of the molecule is CC1[CH-]OC(O)C(P)[CH-]1.[CH3-].[W+2].[Y]. The molecule has 0 bridgehead atoms. The van der Waals surface area contributed by atoms with Crippen LogP contribution >= 0.6 is 9.24 Å². The normalized spacial score (nSPS) is 33.8. The molecule has 2 nitrogen and oxygen atoms in total. The molecule has 1 heterocycles. The third kappa shape index (κ3) is 6.57. The zero-order chi connectivity index (χ0) is 6.85. The van der Waals surface area contributed by atoms with E-state index < -0.39 is 6.29 Å². The molecule has 69 valence electrons. The van der Waals surface area contributed by atoms with Crippen LogP contribution in [0, 0.1) is 26.4 Å². The van der Waals surface area contributed by atoms with Crippen molar-refractivity contribution in [3.05, 3.63) is 20.5 Å². The molecule has 1 saturated heterocycles. The second kappa shape index (κ2) is 9.69. The van der Waals surface area contributed by atoms with Gasteiger partial charge >= 0.3 is 21.1 Å². The molecule has 12 heavy (non-hydrogen) atoms. The molecule has 1 N–H and O–H groups in total. The summed E-state index contributed by atoms with van der Waals surface area (Å²) in [5, 5.41) is 8.99. The molecule has 4 unspecified atom stereocenters. The Bertz CT molecular complexity index is 107. The molecule has 0 spiro atoms. The van der Waals surface area contributed by atoms with Crippen molar-refractivity contribution in [1.82, 2.24) is 0 Å². The van der Waals surface area contributed by atoms with Gasteiger partial charge in [0.25, 0.3) is 0 Å². The van der Waals surface area contributed by atoms with E-state index in [1.807, 2.05) is 13.3 Å². The van der Waals surface area contributed by atoms with Gasteiger partial charge in [0.15, 0.2) is 0 Å². The number of ether oxygens (including phenoxy) is 1. The largest absolute Gasteiger partial charge is 2.00 e. The van der Waals surface area contributed by atoms with Gasteiger partial charge < -0.3 is 23.7 Å². The van der Waals surface area contributed by atoms with E-state index >= 15 is 0 Å². The van der Waals surface area contributed by atoms with Crippen LogP contribution in [0.15, 0.2) is 0 Å². The van der Waals surface area contributed by atoms with Crippen LogP contribution in [-0.2, 0) is 58.5 Å². The van der Waals surface area contributed by atoms with Crippen molar-refractivity contribution in [1.29, 1.82) is 0 Å². The van der Waals surface area contributed by atoms with Crippen LogP contribution in [0.1, 0.15) is 6.92 Å². The van der Waals surface area contributed by atoms with Gasteiger partial charge in [0.05, 0.1) is 0 Å². The molecule has 0 aromatic heterocycles. The Labute approximate surface area is 117 Å². The third-order valence-electron chi connectivity index (χ3n) is 1.29. The first-order chi connectivity index (χ1) is 4.20. The monoisotopic (exact) mass is 434 g/mol. The minimum absolute atomic E-state index is 0. The molecule has 0 aromatic rings. The van der Waals surface area contributed by atoms with Crippen LogP contribution in [0.3, 0.4) is 0 Å². The molecule has 5 heteroatoms. The first kappa shape index (κ1) is 19.7. The second-order valence-electron chi connectivity index (χ2n) is 2.29. The first-order valence-electron chi connectivity index (χ1n) is 2.97. The van der Waals surface area contributed by atoms with Crippen molar-refractivity contribution >= 4 is 9.24 Å². The molecule has 0 amide bonds. The average molecular weight is 434 g/mol. The Morgan fingerprint density at radius 3 is 2.33 bits per heavy atom. The summed E-state index contributed by atoms with van der Waals surface area (Å²) >= 11 is 0. The molecule has 1 aliphatic rings. The summed E-state index contributed by atoms with van der Waals surface area (Å²) in [4.78, 5) is 0. The summed E-state index contributed by atoms with van der Waals surface area (Å²) in [6.07, 6.45) is 1.37. The van der Waals surface area contributed by atoms with Crippen LogP contribution in [0.2, 0.25) is 0 Å². The predicted octanol–water partition coefficient (Wildman–Crippen LogP) is 1.03. The van der Waals surface area contributed by atoms with E-state index in [0.717, 1.165) is 0 Å². The number of hydrogen-bond acceptors (Lipinski definition) is 2. The predicted molar refractivity (Wildman–Crippen MR) is 44.8 cm³/mol. The van der Waals surface area contributed by atoms with Gasteiger partial charge in [-0.2, -0.15) is 9.24 Å². The third-order valence-corrected chi connectivity index (χ3v) is 1.84. The molecule has 1 rings (SSSR count). The van der Waals surface area contributed by atoms with E-state index in [2.05, 4.69) is 9.24 Å². The van der Waals surface area contributed by atoms with Crippen LogP contribution in [0.5, 0.6) is 0 Å². The van der Waals surface area contributed by atoms with Crippen molar-refractivity contribution < 1.29 is 63.6 Å².